The molecule has 2 aromatic heterocycles. The van der Waals surface area contributed by atoms with Gasteiger partial charge in [-0.25, -0.2) is 8.42 Å². The molecule has 0 aliphatic carbocycles. The van der Waals surface area contributed by atoms with Gasteiger partial charge in [0.2, 0.25) is 27.1 Å². The minimum absolute atomic E-state index is 0.101. The van der Waals surface area contributed by atoms with Crippen LogP contribution in [0.3, 0.4) is 0 Å². The fourth-order valence-corrected chi connectivity index (χ4v) is 4.64. The van der Waals surface area contributed by atoms with Crippen molar-refractivity contribution in [1.82, 2.24) is 24.6 Å². The summed E-state index contributed by atoms with van der Waals surface area (Å²) in [4.78, 5) is 15.2. The van der Waals surface area contributed by atoms with Crippen LogP contribution in [0.1, 0.15) is 12.8 Å². The van der Waals surface area contributed by atoms with E-state index in [0.717, 1.165) is 25.7 Å². The normalized spacial score (nSPS) is 11.7. The third kappa shape index (κ3) is 4.55. The van der Waals surface area contributed by atoms with E-state index >= 15 is 0 Å². The van der Waals surface area contributed by atoms with Gasteiger partial charge in [0.05, 0.1) is 6.54 Å². The molecule has 0 aliphatic rings. The lowest BCUT2D eigenvalue weighted by molar-refractivity contribution is -0.114. The standard InChI is InChI=1S/C14H13BrN6O4S2/c1-8(22)16-13-18-19-14(26-13)27(23,24)21(2)7-11-17-12(20-25-11)9-4-3-5-10(15)6-9/h3-6H,7H2,1-2H3,(H,16,18,22). The van der Waals surface area contributed by atoms with E-state index in [2.05, 4.69) is 41.6 Å². The van der Waals surface area contributed by atoms with Crippen LogP contribution in [0.25, 0.3) is 11.4 Å². The van der Waals surface area contributed by atoms with Gasteiger partial charge in [-0.2, -0.15) is 9.29 Å². The molecule has 0 atom stereocenters. The number of carbonyl (C=O) groups excluding carboxylic acids is 1. The molecule has 0 aliphatic heterocycles. The molecule has 0 spiro atoms. The zero-order valence-electron chi connectivity index (χ0n) is 14.1. The molecule has 1 amide bonds. The first kappa shape index (κ1) is 19.5. The van der Waals surface area contributed by atoms with Crippen LogP contribution < -0.4 is 5.32 Å². The summed E-state index contributed by atoms with van der Waals surface area (Å²) < 4.78 is 31.9. The fourth-order valence-electron chi connectivity index (χ4n) is 1.99. The molecule has 3 aromatic rings. The number of amides is 1. The Morgan fingerprint density at radius 2 is 2.15 bits per heavy atom. The van der Waals surface area contributed by atoms with Crippen LogP contribution >= 0.6 is 27.3 Å². The first-order valence-corrected chi connectivity index (χ1v) is 10.5. The minimum Gasteiger partial charge on any atom is -0.338 e. The molecule has 1 aromatic carbocycles. The highest BCUT2D eigenvalue weighted by atomic mass is 79.9. The summed E-state index contributed by atoms with van der Waals surface area (Å²) in [7, 11) is -2.56. The van der Waals surface area contributed by atoms with Crippen molar-refractivity contribution in [2.75, 3.05) is 12.4 Å². The Morgan fingerprint density at radius 1 is 1.37 bits per heavy atom. The first-order valence-electron chi connectivity index (χ1n) is 7.41. The molecular formula is C14H13BrN6O4S2. The van der Waals surface area contributed by atoms with Crippen LogP contribution in [0.4, 0.5) is 5.13 Å². The lowest BCUT2D eigenvalue weighted by Gasteiger charge is -2.11. The highest BCUT2D eigenvalue weighted by Crippen LogP contribution is 2.24. The molecule has 0 saturated heterocycles. The number of carbonyl (C=O) groups is 1. The zero-order chi connectivity index (χ0) is 19.6. The maximum absolute atomic E-state index is 12.6. The second-order valence-electron chi connectivity index (χ2n) is 5.34. The van der Waals surface area contributed by atoms with Crippen molar-refractivity contribution in [2.24, 2.45) is 0 Å². The van der Waals surface area contributed by atoms with Crippen molar-refractivity contribution in [1.29, 1.82) is 0 Å². The predicted octanol–water partition coefficient (Wildman–Crippen LogP) is 2.13. The Kier molecular flexibility index (Phi) is 5.64. The van der Waals surface area contributed by atoms with E-state index in [-0.39, 0.29) is 27.8 Å². The number of aromatic nitrogens is 4. The van der Waals surface area contributed by atoms with E-state index in [9.17, 15) is 13.2 Å². The van der Waals surface area contributed by atoms with Gasteiger partial charge < -0.3 is 9.84 Å². The average molecular weight is 473 g/mol. The smallest absolute Gasteiger partial charge is 0.272 e. The van der Waals surface area contributed by atoms with Crippen molar-refractivity contribution in [3.8, 4) is 11.4 Å². The molecule has 2 heterocycles. The highest BCUT2D eigenvalue weighted by molar-refractivity contribution is 9.10. The molecule has 27 heavy (non-hydrogen) atoms. The number of halogens is 1. The van der Waals surface area contributed by atoms with E-state index in [4.69, 9.17) is 4.52 Å². The average Bonchev–Trinajstić information content (AvgIpc) is 3.24. The molecule has 0 saturated carbocycles. The monoisotopic (exact) mass is 472 g/mol. The van der Waals surface area contributed by atoms with Crippen molar-refractivity contribution < 1.29 is 17.7 Å². The Labute approximate surface area is 166 Å². The number of sulfonamides is 1. The second kappa shape index (κ2) is 7.80. The van der Waals surface area contributed by atoms with Crippen LogP contribution in [-0.2, 0) is 21.4 Å². The van der Waals surface area contributed by atoms with Gasteiger partial charge in [0.15, 0.2) is 0 Å². The number of rotatable bonds is 6. The van der Waals surface area contributed by atoms with Crippen molar-refractivity contribution in [3.05, 3.63) is 34.6 Å². The minimum atomic E-state index is -3.92. The maximum Gasteiger partial charge on any atom is 0.272 e. The Balaban J connectivity index is 1.75. The van der Waals surface area contributed by atoms with E-state index in [1.165, 1.54) is 14.0 Å². The molecule has 142 valence electrons. The molecule has 1 N–H and O–H groups in total. The summed E-state index contributed by atoms with van der Waals surface area (Å²) in [5.74, 6) is 0.109. The Morgan fingerprint density at radius 3 is 2.85 bits per heavy atom. The maximum atomic E-state index is 12.6. The summed E-state index contributed by atoms with van der Waals surface area (Å²) in [5.41, 5.74) is 0.731. The summed E-state index contributed by atoms with van der Waals surface area (Å²) in [5, 5.41) is 13.6. The van der Waals surface area contributed by atoms with E-state index in [1.807, 2.05) is 24.3 Å². The topological polar surface area (TPSA) is 131 Å². The molecule has 0 unspecified atom stereocenters. The number of hydrogen-bond donors (Lipinski definition) is 1. The van der Waals surface area contributed by atoms with Crippen LogP contribution in [0, 0.1) is 0 Å². The van der Waals surface area contributed by atoms with Gasteiger partial charge in [0.25, 0.3) is 10.0 Å². The van der Waals surface area contributed by atoms with Crippen molar-refractivity contribution >= 4 is 48.3 Å². The largest absolute Gasteiger partial charge is 0.338 e. The fraction of sp³-hybridized carbons (Fsp3) is 0.214. The number of benzene rings is 1. The number of nitrogens with zero attached hydrogens (tertiary/aromatic N) is 5. The summed E-state index contributed by atoms with van der Waals surface area (Å²) in [6.45, 7) is 1.15. The van der Waals surface area contributed by atoms with Crippen LogP contribution in [-0.4, -0.2) is 46.0 Å². The zero-order valence-corrected chi connectivity index (χ0v) is 17.3. The van der Waals surface area contributed by atoms with Gasteiger partial charge in [-0.15, -0.1) is 10.2 Å². The third-order valence-corrected chi connectivity index (χ3v) is 6.71. The van der Waals surface area contributed by atoms with E-state index in [1.54, 1.807) is 0 Å². The first-order chi connectivity index (χ1) is 12.8. The van der Waals surface area contributed by atoms with E-state index < -0.39 is 10.0 Å². The third-order valence-electron chi connectivity index (χ3n) is 3.23. The number of anilines is 1. The highest BCUT2D eigenvalue weighted by Gasteiger charge is 2.27. The summed E-state index contributed by atoms with van der Waals surface area (Å²) in [6.07, 6.45) is 0. The van der Waals surface area contributed by atoms with Crippen LogP contribution in [0.2, 0.25) is 0 Å². The van der Waals surface area contributed by atoms with Gasteiger partial charge >= 0.3 is 0 Å². The predicted molar refractivity (Wildman–Crippen MR) is 100 cm³/mol. The van der Waals surface area contributed by atoms with Gasteiger partial charge in [-0.3, -0.25) is 4.79 Å². The molecule has 0 bridgehead atoms. The molecule has 3 rings (SSSR count). The molecule has 0 fully saturated rings. The number of nitrogens with one attached hydrogen (secondary N) is 1. The van der Waals surface area contributed by atoms with E-state index in [0.29, 0.717) is 5.82 Å². The molecular weight excluding hydrogens is 460 g/mol. The Bertz CT molecular complexity index is 1080. The van der Waals surface area contributed by atoms with Crippen LogP contribution in [0.15, 0.2) is 37.6 Å². The number of hydrogen-bond acceptors (Lipinski definition) is 9. The second-order valence-corrected chi connectivity index (χ2v) is 9.45. The molecule has 0 radical (unpaired) electrons. The van der Waals surface area contributed by atoms with Crippen LogP contribution in [0.5, 0.6) is 0 Å². The lowest BCUT2D eigenvalue weighted by Crippen LogP contribution is -2.26. The van der Waals surface area contributed by atoms with Gasteiger partial charge in [-0.1, -0.05) is 44.6 Å². The van der Waals surface area contributed by atoms with Crippen molar-refractivity contribution in [3.63, 3.8) is 0 Å². The van der Waals surface area contributed by atoms with Gasteiger partial charge in [0.1, 0.15) is 0 Å². The van der Waals surface area contributed by atoms with Crippen molar-refractivity contribution in [2.45, 2.75) is 17.8 Å². The van der Waals surface area contributed by atoms with Gasteiger partial charge in [-0.05, 0) is 12.1 Å². The quantitative estimate of drug-likeness (QED) is 0.539. The Hall–Kier alpha value is -2.22. The molecule has 13 heteroatoms. The summed E-state index contributed by atoms with van der Waals surface area (Å²) in [6, 6.07) is 7.32. The molecule has 10 nitrogen and oxygen atoms in total. The lowest BCUT2D eigenvalue weighted by atomic mass is 10.2. The SMILES string of the molecule is CC(=O)Nc1nnc(S(=O)(=O)N(C)Cc2nc(-c3cccc(Br)c3)no2)s1. The van der Waals surface area contributed by atoms with Gasteiger partial charge in [0, 0.05) is 24.0 Å². The summed E-state index contributed by atoms with van der Waals surface area (Å²) >= 11 is 4.12.